The molecule has 0 radical (unpaired) electrons. The van der Waals surface area contributed by atoms with Crippen LogP contribution in [0.3, 0.4) is 0 Å². The van der Waals surface area contributed by atoms with Crippen LogP contribution in [-0.2, 0) is 16.4 Å². The van der Waals surface area contributed by atoms with Gasteiger partial charge in [-0.1, -0.05) is 26.0 Å². The van der Waals surface area contributed by atoms with Crippen molar-refractivity contribution in [2.45, 2.75) is 26.3 Å². The quantitative estimate of drug-likeness (QED) is 0.598. The highest BCUT2D eigenvalue weighted by molar-refractivity contribution is 7.89. The number of rotatable bonds is 4. The lowest BCUT2D eigenvalue weighted by atomic mass is 9.72. The Morgan fingerprint density at radius 3 is 2.61 bits per heavy atom. The first kappa shape index (κ1) is 19.8. The van der Waals surface area contributed by atoms with Gasteiger partial charge >= 0.3 is 0 Å². The highest BCUT2D eigenvalue weighted by Crippen LogP contribution is 2.45. The summed E-state index contributed by atoms with van der Waals surface area (Å²) in [6.45, 7) is 4.07. The maximum Gasteiger partial charge on any atom is 0.269 e. The molecule has 0 saturated heterocycles. The number of hydrogen-bond acceptors (Lipinski definition) is 6. The van der Waals surface area contributed by atoms with Crippen LogP contribution in [0.2, 0.25) is 0 Å². The van der Waals surface area contributed by atoms with E-state index in [0.717, 1.165) is 23.1 Å². The highest BCUT2D eigenvalue weighted by atomic mass is 32.2. The molecular weight excluding hydrogens is 382 g/mol. The first-order valence-electron chi connectivity index (χ1n) is 8.62. The number of carbonyl (C=O) groups is 1. The number of sulfonamides is 1. The molecule has 1 amide bonds. The van der Waals surface area contributed by atoms with Crippen molar-refractivity contribution in [2.24, 2.45) is 5.41 Å². The van der Waals surface area contributed by atoms with E-state index in [-0.39, 0.29) is 22.7 Å². The Morgan fingerprint density at radius 2 is 1.96 bits per heavy atom. The summed E-state index contributed by atoms with van der Waals surface area (Å²) < 4.78 is 24.5. The Balaban J connectivity index is 1.94. The van der Waals surface area contributed by atoms with Crippen LogP contribution in [0.1, 0.15) is 41.4 Å². The van der Waals surface area contributed by atoms with Gasteiger partial charge in [-0.15, -0.1) is 0 Å². The standard InChI is InChI=1S/C19H21N3O5S/c1-19(2)11-14-9-13(18(23)21-28(3,26)27)7-8-16(14)20-17(19)12-5-4-6-15(10-12)22(24)25/h4-10,17,20H,11H2,1-3H3,(H,21,23). The molecule has 0 aromatic heterocycles. The van der Waals surface area contributed by atoms with Gasteiger partial charge in [0.05, 0.1) is 17.2 Å². The Hall–Kier alpha value is -2.94. The minimum Gasteiger partial charge on any atom is -0.377 e. The van der Waals surface area contributed by atoms with Crippen LogP contribution in [-0.4, -0.2) is 25.5 Å². The number of benzene rings is 2. The molecule has 9 heteroatoms. The first-order valence-corrected chi connectivity index (χ1v) is 10.5. The summed E-state index contributed by atoms with van der Waals surface area (Å²) in [6.07, 6.45) is 1.54. The summed E-state index contributed by atoms with van der Waals surface area (Å²) in [5, 5.41) is 14.5. The van der Waals surface area contributed by atoms with Crippen molar-refractivity contribution in [1.29, 1.82) is 0 Å². The smallest absolute Gasteiger partial charge is 0.269 e. The van der Waals surface area contributed by atoms with Crippen LogP contribution in [0.25, 0.3) is 0 Å². The van der Waals surface area contributed by atoms with Crippen LogP contribution in [0.15, 0.2) is 42.5 Å². The van der Waals surface area contributed by atoms with Crippen LogP contribution >= 0.6 is 0 Å². The number of carbonyl (C=O) groups excluding carboxylic acids is 1. The summed E-state index contributed by atoms with van der Waals surface area (Å²) in [4.78, 5) is 22.8. The number of non-ortho nitro benzene ring substituents is 1. The third-order valence-corrected chi connectivity index (χ3v) is 5.34. The number of anilines is 1. The van der Waals surface area contributed by atoms with Crippen molar-refractivity contribution in [3.05, 3.63) is 69.3 Å². The van der Waals surface area contributed by atoms with Crippen molar-refractivity contribution in [2.75, 3.05) is 11.6 Å². The van der Waals surface area contributed by atoms with Crippen LogP contribution < -0.4 is 10.0 Å². The second kappa shape index (κ2) is 6.90. The third kappa shape index (κ3) is 4.14. The van der Waals surface area contributed by atoms with Gasteiger partial charge in [-0.3, -0.25) is 14.9 Å². The van der Waals surface area contributed by atoms with Gasteiger partial charge in [-0.25, -0.2) is 13.1 Å². The molecule has 2 aromatic rings. The van der Waals surface area contributed by atoms with E-state index in [1.54, 1.807) is 30.3 Å². The molecule has 1 atom stereocenters. The predicted octanol–water partition coefficient (Wildman–Crippen LogP) is 3.02. The van der Waals surface area contributed by atoms with Crippen LogP contribution in [0.4, 0.5) is 11.4 Å². The summed E-state index contributed by atoms with van der Waals surface area (Å²) in [5.74, 6) is -0.677. The number of nitrogens with zero attached hydrogens (tertiary/aromatic N) is 1. The fourth-order valence-corrected chi connectivity index (χ4v) is 4.00. The van der Waals surface area contributed by atoms with Gasteiger partial charge in [0.25, 0.3) is 11.6 Å². The Morgan fingerprint density at radius 1 is 1.25 bits per heavy atom. The number of nitro groups is 1. The molecule has 148 valence electrons. The molecular formula is C19H21N3O5S. The largest absolute Gasteiger partial charge is 0.377 e. The van der Waals surface area contributed by atoms with Gasteiger partial charge in [0, 0.05) is 23.4 Å². The molecule has 0 fully saturated rings. The lowest BCUT2D eigenvalue weighted by molar-refractivity contribution is -0.384. The zero-order valence-corrected chi connectivity index (χ0v) is 16.5. The maximum atomic E-state index is 12.1. The monoisotopic (exact) mass is 403 g/mol. The minimum absolute atomic E-state index is 0.0358. The average Bonchev–Trinajstić information content (AvgIpc) is 2.58. The second-order valence-electron chi connectivity index (χ2n) is 7.67. The lowest BCUT2D eigenvalue weighted by Crippen LogP contribution is -2.35. The van der Waals surface area contributed by atoms with Gasteiger partial charge in [0.1, 0.15) is 0 Å². The summed E-state index contributed by atoms with van der Waals surface area (Å²) in [6, 6.07) is 11.3. The van der Waals surface area contributed by atoms with Gasteiger partial charge in [0.2, 0.25) is 10.0 Å². The lowest BCUT2D eigenvalue weighted by Gasteiger charge is -2.41. The summed E-state index contributed by atoms with van der Waals surface area (Å²) in [5.41, 5.74) is 2.50. The number of fused-ring (bicyclic) bond motifs is 1. The highest BCUT2D eigenvalue weighted by Gasteiger charge is 2.36. The van der Waals surface area contributed by atoms with Gasteiger partial charge in [-0.2, -0.15) is 0 Å². The van der Waals surface area contributed by atoms with Gasteiger partial charge in [-0.05, 0) is 41.2 Å². The van der Waals surface area contributed by atoms with E-state index >= 15 is 0 Å². The normalized spacial score (nSPS) is 17.9. The van der Waals surface area contributed by atoms with E-state index in [2.05, 4.69) is 5.32 Å². The van der Waals surface area contributed by atoms with Crippen molar-refractivity contribution >= 4 is 27.3 Å². The van der Waals surface area contributed by atoms with Crippen molar-refractivity contribution < 1.29 is 18.1 Å². The Labute approximate surface area is 163 Å². The molecule has 1 aliphatic heterocycles. The SMILES string of the molecule is CC1(C)Cc2cc(C(=O)NS(C)(=O)=O)ccc2NC1c1cccc([N+](=O)[O-])c1. The fraction of sp³-hybridized carbons (Fsp3) is 0.316. The number of amides is 1. The van der Waals surface area contributed by atoms with Crippen LogP contribution in [0.5, 0.6) is 0 Å². The van der Waals surface area contributed by atoms with E-state index in [4.69, 9.17) is 0 Å². The number of nitro benzene ring substituents is 1. The van der Waals surface area contributed by atoms with E-state index in [9.17, 15) is 23.3 Å². The Bertz CT molecular complexity index is 1060. The third-order valence-electron chi connectivity index (χ3n) is 4.79. The molecule has 1 unspecified atom stereocenters. The van der Waals surface area contributed by atoms with Crippen LogP contribution in [0, 0.1) is 15.5 Å². The molecule has 0 spiro atoms. The zero-order chi connectivity index (χ0) is 20.7. The maximum absolute atomic E-state index is 12.1. The molecule has 0 aliphatic carbocycles. The van der Waals surface area contributed by atoms with Crippen molar-refractivity contribution in [3.63, 3.8) is 0 Å². The Kier molecular flexibility index (Phi) is 4.88. The topological polar surface area (TPSA) is 118 Å². The van der Waals surface area contributed by atoms with Crippen molar-refractivity contribution in [1.82, 2.24) is 4.72 Å². The fourth-order valence-electron chi connectivity index (χ4n) is 3.55. The first-order chi connectivity index (χ1) is 13.0. The molecule has 1 heterocycles. The molecule has 8 nitrogen and oxygen atoms in total. The van der Waals surface area contributed by atoms with Crippen molar-refractivity contribution in [3.8, 4) is 0 Å². The van der Waals surface area contributed by atoms with E-state index in [0.29, 0.717) is 6.42 Å². The summed E-state index contributed by atoms with van der Waals surface area (Å²) in [7, 11) is -3.64. The summed E-state index contributed by atoms with van der Waals surface area (Å²) >= 11 is 0. The predicted molar refractivity (Wildman–Crippen MR) is 106 cm³/mol. The molecule has 28 heavy (non-hydrogen) atoms. The van der Waals surface area contributed by atoms with E-state index in [1.807, 2.05) is 24.6 Å². The molecule has 2 N–H and O–H groups in total. The number of nitrogens with one attached hydrogen (secondary N) is 2. The second-order valence-corrected chi connectivity index (χ2v) is 9.42. The van der Waals surface area contributed by atoms with E-state index < -0.39 is 20.9 Å². The number of hydrogen-bond donors (Lipinski definition) is 2. The van der Waals surface area contributed by atoms with Gasteiger partial charge < -0.3 is 5.32 Å². The average molecular weight is 403 g/mol. The van der Waals surface area contributed by atoms with E-state index in [1.165, 1.54) is 6.07 Å². The zero-order valence-electron chi connectivity index (χ0n) is 15.7. The molecule has 3 rings (SSSR count). The minimum atomic E-state index is -3.64. The molecule has 2 aromatic carbocycles. The molecule has 0 bridgehead atoms. The molecule has 0 saturated carbocycles. The van der Waals surface area contributed by atoms with Gasteiger partial charge in [0.15, 0.2) is 0 Å². The molecule has 1 aliphatic rings.